The van der Waals surface area contributed by atoms with Gasteiger partial charge in [-0.05, 0) is 30.5 Å². The van der Waals surface area contributed by atoms with Gasteiger partial charge < -0.3 is 9.47 Å². The molecule has 0 aliphatic carbocycles. The number of methoxy groups -OCH3 is 1. The maximum Gasteiger partial charge on any atom is 0.347 e. The highest BCUT2D eigenvalue weighted by atomic mass is 35.5. The van der Waals surface area contributed by atoms with Gasteiger partial charge in [0.25, 0.3) is 0 Å². The second kappa shape index (κ2) is 4.29. The number of carbonyl (C=O) groups excluding carboxylic acids is 1. The molecule has 0 saturated heterocycles. The first-order chi connectivity index (χ1) is 7.61. The molecule has 1 aromatic carbocycles. The molecule has 0 radical (unpaired) electrons. The van der Waals surface area contributed by atoms with Crippen molar-refractivity contribution in [3.63, 3.8) is 0 Å². The Balaban J connectivity index is 2.30. The first-order valence-electron chi connectivity index (χ1n) is 4.84. The molecule has 1 heterocycles. The van der Waals surface area contributed by atoms with Gasteiger partial charge in [-0.15, -0.1) is 0 Å². The van der Waals surface area contributed by atoms with Crippen molar-refractivity contribution in [3.05, 3.63) is 28.5 Å². The van der Waals surface area contributed by atoms with E-state index in [0.717, 1.165) is 0 Å². The molecule has 1 aromatic rings. The summed E-state index contributed by atoms with van der Waals surface area (Å²) >= 11 is 5.84. The van der Waals surface area contributed by atoms with E-state index in [1.54, 1.807) is 0 Å². The summed E-state index contributed by atoms with van der Waals surface area (Å²) in [6.07, 6.45) is 0.368. The van der Waals surface area contributed by atoms with Crippen molar-refractivity contribution in [2.45, 2.75) is 18.9 Å². The average Bonchev–Trinajstić information content (AvgIpc) is 2.27. The number of ether oxygens (including phenoxy) is 2. The molecular formula is C11H10ClFO3. The molecule has 2 rings (SSSR count). The van der Waals surface area contributed by atoms with Crippen LogP contribution >= 0.6 is 11.6 Å². The molecule has 86 valence electrons. The third kappa shape index (κ3) is 1.97. The molecule has 0 fully saturated rings. The minimum atomic E-state index is -0.652. The fraction of sp³-hybridized carbons (Fsp3) is 0.364. The van der Waals surface area contributed by atoms with Crippen molar-refractivity contribution in [2.24, 2.45) is 0 Å². The quantitative estimate of drug-likeness (QED) is 0.712. The summed E-state index contributed by atoms with van der Waals surface area (Å²) < 4.78 is 23.0. The number of rotatable bonds is 1. The van der Waals surface area contributed by atoms with Crippen molar-refractivity contribution in [2.75, 3.05) is 7.11 Å². The largest absolute Gasteiger partial charge is 0.477 e. The SMILES string of the molecule is COC(=O)[C@H]1CCc2cc(F)cc(Cl)c2O1. The Kier molecular flexibility index (Phi) is 3.01. The molecule has 0 spiro atoms. The zero-order chi connectivity index (χ0) is 11.7. The Hall–Kier alpha value is -1.29. The van der Waals surface area contributed by atoms with Crippen molar-refractivity contribution >= 4 is 17.6 Å². The Morgan fingerprint density at radius 2 is 2.38 bits per heavy atom. The van der Waals surface area contributed by atoms with Crippen LogP contribution < -0.4 is 4.74 Å². The normalized spacial score (nSPS) is 18.6. The van der Waals surface area contributed by atoms with Gasteiger partial charge in [0.1, 0.15) is 11.6 Å². The predicted molar refractivity (Wildman–Crippen MR) is 56.2 cm³/mol. The van der Waals surface area contributed by atoms with Gasteiger partial charge in [0, 0.05) is 0 Å². The lowest BCUT2D eigenvalue weighted by atomic mass is 10.0. The van der Waals surface area contributed by atoms with Gasteiger partial charge in [0.15, 0.2) is 6.10 Å². The smallest absolute Gasteiger partial charge is 0.347 e. The predicted octanol–water partition coefficient (Wildman–Crippen LogP) is 2.35. The van der Waals surface area contributed by atoms with Crippen LogP contribution in [0.15, 0.2) is 12.1 Å². The Labute approximate surface area is 97.1 Å². The van der Waals surface area contributed by atoms with E-state index in [1.165, 1.54) is 19.2 Å². The van der Waals surface area contributed by atoms with Gasteiger partial charge in [0.05, 0.1) is 12.1 Å². The van der Waals surface area contributed by atoms with Crippen LogP contribution in [-0.2, 0) is 16.0 Å². The van der Waals surface area contributed by atoms with Gasteiger partial charge in [-0.2, -0.15) is 0 Å². The van der Waals surface area contributed by atoms with Crippen molar-refractivity contribution in [3.8, 4) is 5.75 Å². The number of fused-ring (bicyclic) bond motifs is 1. The summed E-state index contributed by atoms with van der Waals surface area (Å²) in [5.74, 6) is -0.459. The minimum absolute atomic E-state index is 0.184. The topological polar surface area (TPSA) is 35.5 Å². The van der Waals surface area contributed by atoms with Gasteiger partial charge in [-0.25, -0.2) is 9.18 Å². The average molecular weight is 245 g/mol. The molecule has 0 aromatic heterocycles. The molecule has 5 heteroatoms. The molecule has 0 unspecified atom stereocenters. The van der Waals surface area contributed by atoms with E-state index in [0.29, 0.717) is 24.2 Å². The minimum Gasteiger partial charge on any atom is -0.477 e. The third-order valence-corrected chi connectivity index (χ3v) is 2.77. The fourth-order valence-electron chi connectivity index (χ4n) is 1.72. The number of hydrogen-bond acceptors (Lipinski definition) is 3. The number of benzene rings is 1. The Bertz CT molecular complexity index is 433. The van der Waals surface area contributed by atoms with Crippen molar-refractivity contribution < 1.29 is 18.7 Å². The number of hydrogen-bond donors (Lipinski definition) is 0. The van der Waals surface area contributed by atoms with Crippen LogP contribution in [0.5, 0.6) is 5.75 Å². The van der Waals surface area contributed by atoms with E-state index in [9.17, 15) is 9.18 Å². The van der Waals surface area contributed by atoms with Crippen LogP contribution in [0.1, 0.15) is 12.0 Å². The van der Waals surface area contributed by atoms with Gasteiger partial charge >= 0.3 is 5.97 Å². The van der Waals surface area contributed by atoms with Crippen LogP contribution in [0.4, 0.5) is 4.39 Å². The van der Waals surface area contributed by atoms with Crippen molar-refractivity contribution in [1.82, 2.24) is 0 Å². The highest BCUT2D eigenvalue weighted by Crippen LogP contribution is 2.35. The zero-order valence-corrected chi connectivity index (χ0v) is 9.38. The maximum absolute atomic E-state index is 13.0. The molecular weight excluding hydrogens is 235 g/mol. The Morgan fingerprint density at radius 1 is 1.62 bits per heavy atom. The summed E-state index contributed by atoms with van der Waals surface area (Å²) in [7, 11) is 1.30. The summed E-state index contributed by atoms with van der Waals surface area (Å²) in [6, 6.07) is 2.54. The van der Waals surface area contributed by atoms with E-state index < -0.39 is 17.9 Å². The summed E-state index contributed by atoms with van der Waals surface area (Å²) in [6.45, 7) is 0. The second-order valence-corrected chi connectivity index (χ2v) is 3.95. The van der Waals surface area contributed by atoms with Gasteiger partial charge in [-0.1, -0.05) is 11.6 Å². The van der Waals surface area contributed by atoms with Gasteiger partial charge in [-0.3, -0.25) is 0 Å². The lowest BCUT2D eigenvalue weighted by Gasteiger charge is -2.24. The number of carbonyl (C=O) groups is 1. The molecule has 1 atom stereocenters. The molecule has 16 heavy (non-hydrogen) atoms. The summed E-state index contributed by atoms with van der Waals surface area (Å²) in [5, 5.41) is 0.184. The number of esters is 1. The van der Waals surface area contributed by atoms with Gasteiger partial charge in [0.2, 0.25) is 0 Å². The van der Waals surface area contributed by atoms with Crippen LogP contribution in [0, 0.1) is 5.82 Å². The lowest BCUT2D eigenvalue weighted by Crippen LogP contribution is -2.32. The first-order valence-corrected chi connectivity index (χ1v) is 5.22. The number of aryl methyl sites for hydroxylation is 1. The monoisotopic (exact) mass is 244 g/mol. The molecule has 0 amide bonds. The molecule has 0 N–H and O–H groups in total. The molecule has 0 bridgehead atoms. The summed E-state index contributed by atoms with van der Waals surface area (Å²) in [4.78, 5) is 11.3. The second-order valence-electron chi connectivity index (χ2n) is 3.54. The highest BCUT2D eigenvalue weighted by Gasteiger charge is 2.28. The van der Waals surface area contributed by atoms with Crippen LogP contribution in [0.3, 0.4) is 0 Å². The Morgan fingerprint density at radius 3 is 3.06 bits per heavy atom. The van der Waals surface area contributed by atoms with Crippen LogP contribution in [-0.4, -0.2) is 19.2 Å². The fourth-order valence-corrected chi connectivity index (χ4v) is 1.99. The van der Waals surface area contributed by atoms with Crippen molar-refractivity contribution in [1.29, 1.82) is 0 Å². The summed E-state index contributed by atoms with van der Waals surface area (Å²) in [5.41, 5.74) is 0.685. The first kappa shape index (κ1) is 11.2. The zero-order valence-electron chi connectivity index (χ0n) is 8.63. The van der Waals surface area contributed by atoms with E-state index >= 15 is 0 Å². The van der Waals surface area contributed by atoms with E-state index in [-0.39, 0.29) is 5.02 Å². The third-order valence-electron chi connectivity index (χ3n) is 2.49. The maximum atomic E-state index is 13.0. The van der Waals surface area contributed by atoms with Crippen LogP contribution in [0.25, 0.3) is 0 Å². The molecule has 1 aliphatic heterocycles. The van der Waals surface area contributed by atoms with E-state index in [1.807, 2.05) is 0 Å². The lowest BCUT2D eigenvalue weighted by molar-refractivity contribution is -0.149. The molecule has 1 aliphatic rings. The standard InChI is InChI=1S/C11H10ClFO3/c1-15-11(14)9-3-2-6-4-7(13)5-8(12)10(6)16-9/h4-5,9H,2-3H2,1H3/t9-/m1/s1. The highest BCUT2D eigenvalue weighted by molar-refractivity contribution is 6.32. The van der Waals surface area contributed by atoms with E-state index in [2.05, 4.69) is 4.74 Å². The van der Waals surface area contributed by atoms with E-state index in [4.69, 9.17) is 16.3 Å². The number of halogens is 2. The molecule has 3 nitrogen and oxygen atoms in total. The molecule has 0 saturated carbocycles. The van der Waals surface area contributed by atoms with Crippen LogP contribution in [0.2, 0.25) is 5.02 Å².